The van der Waals surface area contributed by atoms with Crippen LogP contribution in [0.1, 0.15) is 27.0 Å². The number of hydrogen-bond acceptors (Lipinski definition) is 3. The molecule has 0 fully saturated rings. The van der Waals surface area contributed by atoms with E-state index in [-0.39, 0.29) is 5.78 Å². The second-order valence-electron chi connectivity index (χ2n) is 5.67. The lowest BCUT2D eigenvalue weighted by molar-refractivity contribution is 0.106. The van der Waals surface area contributed by atoms with Crippen molar-refractivity contribution in [3.8, 4) is 0 Å². The first-order chi connectivity index (χ1) is 12.2. The van der Waals surface area contributed by atoms with Crippen LogP contribution in [-0.4, -0.2) is 17.7 Å². The van der Waals surface area contributed by atoms with Gasteiger partial charge in [0.2, 0.25) is 5.78 Å². The largest absolute Gasteiger partial charge is 0.287 e. The lowest BCUT2D eigenvalue weighted by Crippen LogP contribution is -2.15. The second-order valence-corrected chi connectivity index (χ2v) is 5.67. The van der Waals surface area contributed by atoms with Crippen molar-refractivity contribution in [1.82, 2.24) is 0 Å². The minimum Gasteiger partial charge on any atom is -0.287 e. The van der Waals surface area contributed by atoms with E-state index in [4.69, 9.17) is 0 Å². The summed E-state index contributed by atoms with van der Waals surface area (Å²) in [6.07, 6.45) is 1.66. The van der Waals surface area contributed by atoms with Gasteiger partial charge in [-0.05, 0) is 12.5 Å². The van der Waals surface area contributed by atoms with E-state index < -0.39 is 0 Å². The minimum absolute atomic E-state index is 0.145. The van der Waals surface area contributed by atoms with Gasteiger partial charge in [0.05, 0.1) is 6.21 Å². The monoisotopic (exact) mass is 326 g/mol. The molecule has 0 N–H and O–H groups in total. The smallest absolute Gasteiger partial charge is 0.213 e. The van der Waals surface area contributed by atoms with E-state index >= 15 is 0 Å². The molecule has 0 saturated carbocycles. The highest BCUT2D eigenvalue weighted by molar-refractivity contribution is 6.51. The summed E-state index contributed by atoms with van der Waals surface area (Å²) in [5.74, 6) is -0.145. The number of Topliss-reactive ketones (excluding diaryl/α,β-unsaturated/α-hetero) is 1. The summed E-state index contributed by atoms with van der Waals surface area (Å²) in [6, 6.07) is 26.5. The van der Waals surface area contributed by atoms with E-state index in [9.17, 15) is 4.79 Å². The third-order valence-electron chi connectivity index (χ3n) is 3.70. The van der Waals surface area contributed by atoms with E-state index in [0.717, 1.165) is 16.7 Å². The zero-order valence-corrected chi connectivity index (χ0v) is 14.0. The summed E-state index contributed by atoms with van der Waals surface area (Å²) in [5.41, 5.74) is 3.77. The van der Waals surface area contributed by atoms with Gasteiger partial charge in [-0.3, -0.25) is 4.79 Å². The molecule has 3 heteroatoms. The van der Waals surface area contributed by atoms with E-state index in [1.807, 2.05) is 79.7 Å². The van der Waals surface area contributed by atoms with E-state index in [1.54, 1.807) is 18.3 Å². The quantitative estimate of drug-likeness (QED) is 0.380. The van der Waals surface area contributed by atoms with Crippen molar-refractivity contribution in [2.24, 2.45) is 10.2 Å². The van der Waals surface area contributed by atoms with Gasteiger partial charge in [0.15, 0.2) is 0 Å². The highest BCUT2D eigenvalue weighted by Gasteiger charge is 2.15. The van der Waals surface area contributed by atoms with Crippen LogP contribution in [0, 0.1) is 6.92 Å². The van der Waals surface area contributed by atoms with Crippen molar-refractivity contribution in [2.45, 2.75) is 6.92 Å². The number of rotatable bonds is 5. The van der Waals surface area contributed by atoms with Crippen LogP contribution in [0.5, 0.6) is 0 Å². The number of carbonyl (C=O) groups is 1. The minimum atomic E-state index is -0.145. The van der Waals surface area contributed by atoms with Crippen LogP contribution in [0.4, 0.5) is 0 Å². The van der Waals surface area contributed by atoms with Gasteiger partial charge in [-0.2, -0.15) is 5.10 Å². The maximum absolute atomic E-state index is 12.8. The van der Waals surface area contributed by atoms with Crippen LogP contribution in [0.15, 0.2) is 95.1 Å². The highest BCUT2D eigenvalue weighted by Crippen LogP contribution is 2.10. The van der Waals surface area contributed by atoms with Crippen molar-refractivity contribution in [1.29, 1.82) is 0 Å². The van der Waals surface area contributed by atoms with Crippen LogP contribution >= 0.6 is 0 Å². The molecule has 3 aromatic carbocycles. The Morgan fingerprint density at radius 2 is 1.44 bits per heavy atom. The molecule has 3 nitrogen and oxygen atoms in total. The van der Waals surface area contributed by atoms with Crippen LogP contribution in [-0.2, 0) is 0 Å². The molecule has 0 heterocycles. The first-order valence-corrected chi connectivity index (χ1v) is 8.07. The predicted octanol–water partition coefficient (Wildman–Crippen LogP) is 4.70. The summed E-state index contributed by atoms with van der Waals surface area (Å²) in [6.45, 7) is 2.02. The fraction of sp³-hybridized carbons (Fsp3) is 0.0455. The summed E-state index contributed by atoms with van der Waals surface area (Å²) in [4.78, 5) is 12.8. The zero-order chi connectivity index (χ0) is 17.5. The average molecular weight is 326 g/mol. The molecule has 0 amide bonds. The average Bonchev–Trinajstić information content (AvgIpc) is 2.66. The molecule has 0 spiro atoms. The van der Waals surface area contributed by atoms with Crippen molar-refractivity contribution < 1.29 is 4.79 Å². The number of nitrogens with zero attached hydrogens (tertiary/aromatic N) is 2. The van der Waals surface area contributed by atoms with Crippen molar-refractivity contribution in [3.05, 3.63) is 107 Å². The zero-order valence-electron chi connectivity index (χ0n) is 14.0. The van der Waals surface area contributed by atoms with Gasteiger partial charge < -0.3 is 0 Å². The Labute approximate surface area is 147 Å². The van der Waals surface area contributed by atoms with Crippen molar-refractivity contribution in [3.63, 3.8) is 0 Å². The Morgan fingerprint density at radius 1 is 0.800 bits per heavy atom. The Bertz CT molecular complexity index is 913. The number of hydrogen-bond donors (Lipinski definition) is 0. The van der Waals surface area contributed by atoms with Gasteiger partial charge in [-0.1, -0.05) is 90.5 Å². The Kier molecular flexibility index (Phi) is 5.27. The van der Waals surface area contributed by atoms with Gasteiger partial charge in [0.25, 0.3) is 0 Å². The molecule has 0 aliphatic heterocycles. The van der Waals surface area contributed by atoms with E-state index in [2.05, 4.69) is 10.2 Å². The SMILES string of the molecule is Cc1cccc(C=NN=C(C(=O)c2ccccc2)c2ccccc2)c1. The summed E-state index contributed by atoms with van der Waals surface area (Å²) < 4.78 is 0. The molecule has 0 aromatic heterocycles. The summed E-state index contributed by atoms with van der Waals surface area (Å²) in [7, 11) is 0. The Morgan fingerprint density at radius 3 is 2.08 bits per heavy atom. The molecule has 3 aromatic rings. The topological polar surface area (TPSA) is 41.8 Å². The first-order valence-electron chi connectivity index (χ1n) is 8.07. The molecule has 122 valence electrons. The molecule has 3 rings (SSSR count). The van der Waals surface area contributed by atoms with Gasteiger partial charge in [-0.15, -0.1) is 5.10 Å². The number of benzene rings is 3. The lowest BCUT2D eigenvalue weighted by atomic mass is 10.0. The predicted molar refractivity (Wildman–Crippen MR) is 103 cm³/mol. The fourth-order valence-corrected chi connectivity index (χ4v) is 2.46. The Hall–Kier alpha value is -3.33. The molecule has 0 atom stereocenters. The Balaban J connectivity index is 1.95. The molecule has 0 bridgehead atoms. The summed E-state index contributed by atoms with van der Waals surface area (Å²) >= 11 is 0. The van der Waals surface area contributed by atoms with E-state index in [1.165, 1.54) is 0 Å². The molecule has 0 radical (unpaired) electrons. The molecule has 0 aliphatic carbocycles. The molecule has 0 aliphatic rings. The highest BCUT2D eigenvalue weighted by atomic mass is 16.1. The number of aryl methyl sites for hydroxylation is 1. The van der Waals surface area contributed by atoms with Crippen LogP contribution in [0.25, 0.3) is 0 Å². The first kappa shape index (κ1) is 16.5. The van der Waals surface area contributed by atoms with Crippen molar-refractivity contribution >= 4 is 17.7 Å². The van der Waals surface area contributed by atoms with E-state index in [0.29, 0.717) is 11.3 Å². The second kappa shape index (κ2) is 7.97. The van der Waals surface area contributed by atoms with Crippen LogP contribution in [0.3, 0.4) is 0 Å². The van der Waals surface area contributed by atoms with Crippen LogP contribution in [0.2, 0.25) is 0 Å². The molecule has 0 unspecified atom stereocenters. The standard InChI is InChI=1S/C22H18N2O/c1-17-9-8-10-18(15-17)16-23-24-21(19-11-4-2-5-12-19)22(25)20-13-6-3-7-14-20/h2-16H,1H3. The number of ketones is 1. The maximum Gasteiger partial charge on any atom is 0.213 e. The third kappa shape index (κ3) is 4.36. The lowest BCUT2D eigenvalue weighted by Gasteiger charge is -2.04. The third-order valence-corrected chi connectivity index (χ3v) is 3.70. The summed E-state index contributed by atoms with van der Waals surface area (Å²) in [5, 5.41) is 8.38. The molecule has 25 heavy (non-hydrogen) atoms. The normalized spacial score (nSPS) is 11.6. The van der Waals surface area contributed by atoms with Gasteiger partial charge in [-0.25, -0.2) is 0 Å². The molecular weight excluding hydrogens is 308 g/mol. The maximum atomic E-state index is 12.8. The fourth-order valence-electron chi connectivity index (χ4n) is 2.46. The van der Waals surface area contributed by atoms with Gasteiger partial charge in [0, 0.05) is 11.1 Å². The van der Waals surface area contributed by atoms with Gasteiger partial charge in [0.1, 0.15) is 5.71 Å². The number of carbonyl (C=O) groups excluding carboxylic acids is 1. The van der Waals surface area contributed by atoms with Crippen LogP contribution < -0.4 is 0 Å². The molecular formula is C22H18N2O. The van der Waals surface area contributed by atoms with Gasteiger partial charge >= 0.3 is 0 Å². The molecule has 0 saturated heterocycles. The van der Waals surface area contributed by atoms with Crippen molar-refractivity contribution in [2.75, 3.05) is 0 Å².